The third-order valence-electron chi connectivity index (χ3n) is 3.73. The molecule has 2 rings (SSSR count). The van der Waals surface area contributed by atoms with Gasteiger partial charge in [0.2, 0.25) is 0 Å². The number of aromatic nitrogens is 2. The van der Waals surface area contributed by atoms with Crippen molar-refractivity contribution in [1.29, 1.82) is 0 Å². The number of rotatable bonds is 5. The van der Waals surface area contributed by atoms with Crippen LogP contribution in [0.2, 0.25) is 5.02 Å². The van der Waals surface area contributed by atoms with Gasteiger partial charge in [-0.15, -0.1) is 11.6 Å². The van der Waals surface area contributed by atoms with E-state index in [0.29, 0.717) is 17.8 Å². The highest BCUT2D eigenvalue weighted by atomic mass is 35.5. The van der Waals surface area contributed by atoms with Gasteiger partial charge < -0.3 is 4.57 Å². The second-order valence-corrected chi connectivity index (χ2v) is 5.91. The molecule has 0 aliphatic carbocycles. The van der Waals surface area contributed by atoms with Crippen molar-refractivity contribution < 1.29 is 0 Å². The van der Waals surface area contributed by atoms with E-state index in [9.17, 15) is 0 Å². The number of fused-ring (bicyclic) bond motifs is 1. The first-order chi connectivity index (χ1) is 9.08. The molecule has 104 valence electrons. The van der Waals surface area contributed by atoms with Crippen LogP contribution in [0.15, 0.2) is 18.2 Å². The predicted octanol–water partition coefficient (Wildman–Crippen LogP) is 5.43. The monoisotopic (exact) mass is 298 g/mol. The average Bonchev–Trinajstić information content (AvgIpc) is 2.78. The normalized spacial score (nSPS) is 14.8. The van der Waals surface area contributed by atoms with Crippen LogP contribution in [0.25, 0.3) is 11.0 Å². The molecule has 0 aliphatic rings. The van der Waals surface area contributed by atoms with Crippen LogP contribution < -0.4 is 0 Å². The molecule has 0 bridgehead atoms. The Hall–Kier alpha value is -0.730. The topological polar surface area (TPSA) is 17.8 Å². The number of alkyl halides is 1. The van der Waals surface area contributed by atoms with Crippen LogP contribution in [0.4, 0.5) is 0 Å². The zero-order valence-corrected chi connectivity index (χ0v) is 13.2. The van der Waals surface area contributed by atoms with Crippen molar-refractivity contribution in [3.05, 3.63) is 29.0 Å². The molecule has 1 aromatic carbocycles. The van der Waals surface area contributed by atoms with Crippen molar-refractivity contribution in [3.63, 3.8) is 0 Å². The Morgan fingerprint density at radius 3 is 2.68 bits per heavy atom. The van der Waals surface area contributed by atoms with Crippen LogP contribution in [0, 0.1) is 5.92 Å². The number of nitrogens with zero attached hydrogens (tertiary/aromatic N) is 2. The summed E-state index contributed by atoms with van der Waals surface area (Å²) in [7, 11) is 0. The fraction of sp³-hybridized carbons (Fsp3) is 0.533. The smallest absolute Gasteiger partial charge is 0.125 e. The van der Waals surface area contributed by atoms with Gasteiger partial charge >= 0.3 is 0 Å². The molecule has 4 heteroatoms. The Balaban J connectivity index is 2.50. The first-order valence-corrected chi connectivity index (χ1v) is 7.71. The molecule has 0 saturated carbocycles. The molecule has 1 aromatic heterocycles. The summed E-state index contributed by atoms with van der Waals surface area (Å²) in [6, 6.07) is 6.19. The summed E-state index contributed by atoms with van der Waals surface area (Å²) < 4.78 is 2.21. The lowest BCUT2D eigenvalue weighted by Crippen LogP contribution is -2.12. The molecule has 2 unspecified atom stereocenters. The van der Waals surface area contributed by atoms with E-state index in [1.807, 2.05) is 18.2 Å². The number of para-hydroxylation sites is 1. The summed E-state index contributed by atoms with van der Waals surface area (Å²) in [5.41, 5.74) is 1.94. The van der Waals surface area contributed by atoms with E-state index in [1.54, 1.807) is 0 Å². The molecule has 19 heavy (non-hydrogen) atoms. The minimum absolute atomic E-state index is 0.355. The first kappa shape index (κ1) is 14.7. The summed E-state index contributed by atoms with van der Waals surface area (Å²) >= 11 is 12.4. The lowest BCUT2D eigenvalue weighted by molar-refractivity contribution is 0.399. The number of hydrogen-bond acceptors (Lipinski definition) is 1. The molecule has 0 aliphatic heterocycles. The van der Waals surface area contributed by atoms with Gasteiger partial charge in [-0.25, -0.2) is 4.98 Å². The van der Waals surface area contributed by atoms with Crippen LogP contribution in [-0.2, 0) is 5.88 Å². The standard InChI is InChI=1S/C15H20Cl2N2/c1-4-10(2)8-11(3)19-14(9-16)18-13-7-5-6-12(17)15(13)19/h5-7,10-11H,4,8-9H2,1-3H3. The highest BCUT2D eigenvalue weighted by Crippen LogP contribution is 2.31. The van der Waals surface area contributed by atoms with E-state index in [-0.39, 0.29) is 0 Å². The molecule has 2 aromatic rings. The van der Waals surface area contributed by atoms with Gasteiger partial charge in [0.15, 0.2) is 0 Å². The summed E-state index contributed by atoms with van der Waals surface area (Å²) in [6.07, 6.45) is 2.29. The molecule has 0 saturated heterocycles. The minimum atomic E-state index is 0.355. The molecule has 0 radical (unpaired) electrons. The lowest BCUT2D eigenvalue weighted by Gasteiger charge is -2.20. The molecule has 0 N–H and O–H groups in total. The van der Waals surface area contributed by atoms with Gasteiger partial charge in [-0.3, -0.25) is 0 Å². The Morgan fingerprint density at radius 1 is 1.32 bits per heavy atom. The summed E-state index contributed by atoms with van der Waals surface area (Å²) in [6.45, 7) is 6.71. The molecule has 0 spiro atoms. The molecular formula is C15H20Cl2N2. The quantitative estimate of drug-likeness (QED) is 0.673. The highest BCUT2D eigenvalue weighted by Gasteiger charge is 2.18. The molecule has 2 atom stereocenters. The molecule has 2 nitrogen and oxygen atoms in total. The maximum Gasteiger partial charge on any atom is 0.125 e. The Bertz CT molecular complexity index is 563. The first-order valence-electron chi connectivity index (χ1n) is 6.79. The van der Waals surface area contributed by atoms with Gasteiger partial charge in [-0.1, -0.05) is 37.9 Å². The van der Waals surface area contributed by atoms with Crippen molar-refractivity contribution in [3.8, 4) is 0 Å². The van der Waals surface area contributed by atoms with Crippen molar-refractivity contribution >= 4 is 34.2 Å². The van der Waals surface area contributed by atoms with Crippen molar-refractivity contribution in [2.24, 2.45) is 5.92 Å². The maximum absolute atomic E-state index is 6.34. The van der Waals surface area contributed by atoms with E-state index < -0.39 is 0 Å². The van der Waals surface area contributed by atoms with Crippen LogP contribution in [-0.4, -0.2) is 9.55 Å². The summed E-state index contributed by atoms with van der Waals surface area (Å²) in [5.74, 6) is 1.99. The van der Waals surface area contributed by atoms with E-state index >= 15 is 0 Å². The van der Waals surface area contributed by atoms with E-state index in [1.165, 1.54) is 6.42 Å². The van der Waals surface area contributed by atoms with Crippen LogP contribution in [0.3, 0.4) is 0 Å². The molecule has 1 heterocycles. The summed E-state index contributed by atoms with van der Waals surface area (Å²) in [4.78, 5) is 4.59. The van der Waals surface area contributed by atoms with Crippen molar-refractivity contribution in [2.45, 2.75) is 45.5 Å². The third kappa shape index (κ3) is 2.90. The van der Waals surface area contributed by atoms with Crippen LogP contribution >= 0.6 is 23.2 Å². The molecule has 0 amide bonds. The largest absolute Gasteiger partial charge is 0.323 e. The van der Waals surface area contributed by atoms with Gasteiger partial charge in [-0.05, 0) is 31.4 Å². The van der Waals surface area contributed by atoms with Gasteiger partial charge in [0, 0.05) is 6.04 Å². The molecule has 0 fully saturated rings. The van der Waals surface area contributed by atoms with Crippen molar-refractivity contribution in [2.75, 3.05) is 0 Å². The van der Waals surface area contributed by atoms with Crippen LogP contribution in [0.1, 0.15) is 45.5 Å². The van der Waals surface area contributed by atoms with Gasteiger partial charge in [0.1, 0.15) is 5.82 Å². The zero-order chi connectivity index (χ0) is 14.0. The lowest BCUT2D eigenvalue weighted by atomic mass is 10.00. The number of imidazole rings is 1. The summed E-state index contributed by atoms with van der Waals surface area (Å²) in [5, 5.41) is 0.748. The van der Waals surface area contributed by atoms with E-state index in [4.69, 9.17) is 23.2 Å². The number of hydrogen-bond donors (Lipinski definition) is 0. The highest BCUT2D eigenvalue weighted by molar-refractivity contribution is 6.35. The van der Waals surface area contributed by atoms with E-state index in [0.717, 1.165) is 28.3 Å². The third-order valence-corrected chi connectivity index (χ3v) is 4.28. The van der Waals surface area contributed by atoms with Gasteiger partial charge in [0.25, 0.3) is 0 Å². The zero-order valence-electron chi connectivity index (χ0n) is 11.7. The minimum Gasteiger partial charge on any atom is -0.323 e. The number of benzene rings is 1. The number of halogens is 2. The fourth-order valence-electron chi connectivity index (χ4n) is 2.58. The SMILES string of the molecule is CCC(C)CC(C)n1c(CCl)nc2cccc(Cl)c21. The van der Waals surface area contributed by atoms with Crippen molar-refractivity contribution in [1.82, 2.24) is 9.55 Å². The predicted molar refractivity (Wildman–Crippen MR) is 83.1 cm³/mol. The Labute approximate surface area is 124 Å². The fourth-order valence-corrected chi connectivity index (χ4v) is 3.03. The van der Waals surface area contributed by atoms with Gasteiger partial charge in [0.05, 0.1) is 21.9 Å². The Morgan fingerprint density at radius 2 is 2.05 bits per heavy atom. The second-order valence-electron chi connectivity index (χ2n) is 5.24. The Kier molecular flexibility index (Phi) is 4.75. The van der Waals surface area contributed by atoms with Gasteiger partial charge in [-0.2, -0.15) is 0 Å². The van der Waals surface area contributed by atoms with Crippen LogP contribution in [0.5, 0.6) is 0 Å². The maximum atomic E-state index is 6.34. The second kappa shape index (κ2) is 6.15. The van der Waals surface area contributed by atoms with E-state index in [2.05, 4.69) is 30.3 Å². The molecular weight excluding hydrogens is 279 g/mol. The average molecular weight is 299 g/mol.